The summed E-state index contributed by atoms with van der Waals surface area (Å²) in [4.78, 5) is 99.1. The van der Waals surface area contributed by atoms with Crippen molar-refractivity contribution >= 4 is 128 Å². The molecular formula is C57H82F6N6O11S6. The van der Waals surface area contributed by atoms with Gasteiger partial charge >= 0.3 is 18.3 Å². The normalized spacial score (nSPS) is 15.5. The van der Waals surface area contributed by atoms with Crippen LogP contribution in [-0.4, -0.2) is 101 Å². The highest BCUT2D eigenvalue weighted by molar-refractivity contribution is 7.60. The van der Waals surface area contributed by atoms with Gasteiger partial charge in [0.05, 0.1) is 31.0 Å². The third-order valence-electron chi connectivity index (χ3n) is 12.1. The van der Waals surface area contributed by atoms with Crippen molar-refractivity contribution in [2.75, 3.05) is 0 Å². The Morgan fingerprint density at radius 2 is 1.16 bits per heavy atom. The zero-order valence-electron chi connectivity index (χ0n) is 47.1. The molecule has 6 atom stereocenters. The molecule has 1 aliphatic heterocycles. The van der Waals surface area contributed by atoms with Gasteiger partial charge in [-0.25, -0.2) is 4.79 Å². The lowest BCUT2D eigenvalue weighted by Crippen LogP contribution is -2.56. The summed E-state index contributed by atoms with van der Waals surface area (Å²) in [6, 6.07) is 20.2. The zero-order chi connectivity index (χ0) is 58.5. The van der Waals surface area contributed by atoms with Gasteiger partial charge in [0.15, 0.2) is 11.6 Å². The van der Waals surface area contributed by atoms with Crippen LogP contribution < -0.4 is 41.8 Å². The molecule has 4 bridgehead atoms. The third kappa shape index (κ3) is 32.3. The lowest BCUT2D eigenvalue weighted by atomic mass is 9.98. The van der Waals surface area contributed by atoms with Crippen LogP contribution >= 0.6 is 81.0 Å². The van der Waals surface area contributed by atoms with Gasteiger partial charge in [-0.2, -0.15) is 107 Å². The molecule has 4 aromatic carbocycles. The van der Waals surface area contributed by atoms with Crippen molar-refractivity contribution in [2.24, 2.45) is 5.73 Å². The fourth-order valence-corrected chi connectivity index (χ4v) is 8.25. The van der Waals surface area contributed by atoms with Crippen molar-refractivity contribution in [3.8, 4) is 23.0 Å². The van der Waals surface area contributed by atoms with E-state index in [0.29, 0.717) is 64.5 Å². The maximum Gasteiger partial charge on any atom is 0.389 e. The Kier molecular flexibility index (Phi) is 42.6. The number of alkyl halides is 6. The number of amides is 5. The first-order chi connectivity index (χ1) is 37.2. The van der Waals surface area contributed by atoms with E-state index < -0.39 is 121 Å². The van der Waals surface area contributed by atoms with Crippen LogP contribution in [0.5, 0.6) is 23.0 Å². The summed E-state index contributed by atoms with van der Waals surface area (Å²) in [7, 11) is 0. The Bertz CT molecular complexity index is 2790. The van der Waals surface area contributed by atoms with Gasteiger partial charge in [0, 0.05) is 39.5 Å². The molecule has 1 aliphatic rings. The zero-order valence-corrected chi connectivity index (χ0v) is 53.1. The molecule has 29 heteroatoms. The number of carboxylic acid groups (broad SMARTS) is 1. The molecule has 0 saturated carbocycles. The highest BCUT2D eigenvalue weighted by Gasteiger charge is 2.34. The number of nitrogens with one attached hydrogen (secondary N) is 5. The summed E-state index contributed by atoms with van der Waals surface area (Å²) < 4.78 is 88.5. The van der Waals surface area contributed by atoms with Crippen molar-refractivity contribution in [1.29, 1.82) is 0 Å². The van der Waals surface area contributed by atoms with Gasteiger partial charge in [0.2, 0.25) is 29.5 Å². The number of hydrogen-bond acceptors (Lipinski definition) is 11. The van der Waals surface area contributed by atoms with Gasteiger partial charge in [-0.1, -0.05) is 82.6 Å². The number of ketones is 2. The average Bonchev–Trinajstić information content (AvgIpc) is 3.36. The van der Waals surface area contributed by atoms with E-state index in [0.717, 1.165) is 0 Å². The van der Waals surface area contributed by atoms with E-state index >= 15 is 0 Å². The van der Waals surface area contributed by atoms with Crippen molar-refractivity contribution in [3.63, 3.8) is 0 Å². The standard InChI is InChI=1S/C28H34F3N3O6.C28H32F3N3O5.CH4.6H2S/c1-3-6-22(32)26(37)34-23(25(36)11-12-28(29,30)31)15-18-7-4-9-20(13-18)40-21-10-5-8-19(14-21)16-24(27(38)39)33-17(2)35;1-3-6-22-26(37)34-23(25(36)11-12-28(29,30)31)15-18-7-4-9-20(13-18)39-21-10-5-8-19(14-21)16-24(27(38)33-22)32-17(2)35;;;;;;;/h4-5,7-10,13-14,22-24H,3,6,11-12,15-16,32H2,1-2H3,(H,33,35)(H,34,37)(H,38,39);4-5,7-10,13-14,22-24H,3,6,11-12,15-16H2,1-2H3,(H,32,35)(H,33,38)(H,34,37);1H4;6*1H2/t2*22-,23-,24-;;;;;;;/m00......./s1. The Morgan fingerprint density at radius 1 is 0.663 bits per heavy atom. The molecule has 17 nitrogen and oxygen atoms in total. The molecule has 484 valence electrons. The van der Waals surface area contributed by atoms with Crippen LogP contribution in [0.2, 0.25) is 0 Å². The van der Waals surface area contributed by atoms with E-state index in [4.69, 9.17) is 15.2 Å². The number of Topliss-reactive ketones (excluding diaryl/α,β-unsaturated/α-hetero) is 2. The third-order valence-corrected chi connectivity index (χ3v) is 12.1. The van der Waals surface area contributed by atoms with E-state index in [-0.39, 0.29) is 121 Å². The number of carbonyl (C=O) groups is 8. The maximum absolute atomic E-state index is 13.2. The van der Waals surface area contributed by atoms with Crippen molar-refractivity contribution < 1.29 is 79.3 Å². The summed E-state index contributed by atoms with van der Waals surface area (Å²) in [5.74, 6) is -3.96. The topological polar surface area (TPSA) is 261 Å². The molecule has 4 aromatic rings. The first-order valence-corrected chi connectivity index (χ1v) is 25.5. The van der Waals surface area contributed by atoms with Crippen LogP contribution in [0.4, 0.5) is 26.3 Å². The van der Waals surface area contributed by atoms with E-state index in [1.807, 2.05) is 6.92 Å². The number of carbonyl (C=O) groups excluding carboxylic acids is 7. The summed E-state index contributed by atoms with van der Waals surface area (Å²) in [5, 5.41) is 22.0. The number of carboxylic acids is 1. The molecule has 0 unspecified atom stereocenters. The molecule has 0 spiro atoms. The Hall–Kier alpha value is -5.72. The lowest BCUT2D eigenvalue weighted by Gasteiger charge is -2.25. The smallest absolute Gasteiger partial charge is 0.389 e. The maximum atomic E-state index is 13.2. The summed E-state index contributed by atoms with van der Waals surface area (Å²) in [6.07, 6.45) is -11.6. The second-order valence-electron chi connectivity index (χ2n) is 19.0. The van der Waals surface area contributed by atoms with Crippen LogP contribution in [0, 0.1) is 0 Å². The van der Waals surface area contributed by atoms with Crippen LogP contribution in [0.3, 0.4) is 0 Å². The predicted octanol–water partition coefficient (Wildman–Crippen LogP) is 8.75. The molecule has 0 radical (unpaired) electrons. The molecule has 8 N–H and O–H groups in total. The van der Waals surface area contributed by atoms with Crippen LogP contribution in [0.25, 0.3) is 0 Å². The van der Waals surface area contributed by atoms with Crippen LogP contribution in [0.15, 0.2) is 97.1 Å². The van der Waals surface area contributed by atoms with E-state index in [9.17, 15) is 69.8 Å². The fraction of sp³-hybridized carbons (Fsp3) is 0.439. The largest absolute Gasteiger partial charge is 0.480 e. The van der Waals surface area contributed by atoms with Gasteiger partial charge in [0.25, 0.3) is 0 Å². The molecule has 0 saturated heterocycles. The molecule has 1 heterocycles. The lowest BCUT2D eigenvalue weighted by molar-refractivity contribution is -0.144. The Morgan fingerprint density at radius 3 is 1.64 bits per heavy atom. The summed E-state index contributed by atoms with van der Waals surface area (Å²) >= 11 is 0. The summed E-state index contributed by atoms with van der Waals surface area (Å²) in [5.41, 5.74) is 8.23. The number of fused-ring (bicyclic) bond motifs is 4. The minimum atomic E-state index is -4.53. The van der Waals surface area contributed by atoms with Gasteiger partial charge in [-0.05, 0) is 96.5 Å². The highest BCUT2D eigenvalue weighted by Crippen LogP contribution is 2.28. The molecule has 86 heavy (non-hydrogen) atoms. The number of rotatable bonds is 21. The van der Waals surface area contributed by atoms with Gasteiger partial charge in [-0.15, -0.1) is 0 Å². The fourth-order valence-electron chi connectivity index (χ4n) is 8.25. The minimum Gasteiger partial charge on any atom is -0.480 e. The summed E-state index contributed by atoms with van der Waals surface area (Å²) in [6.45, 7) is 6.12. The van der Waals surface area contributed by atoms with E-state index in [1.165, 1.54) is 13.8 Å². The molecule has 0 aromatic heterocycles. The SMILES string of the molecule is C.CCC[C@@H]1NC(=O)[C@@H](NC(C)=O)Cc2cccc(c2)Oc2cccc(c2)C[C@@H](C(=O)CCC(F)(F)F)NC1=O.CCC[C@H](N)C(=O)N[C@@H](Cc1cccc(Oc2cccc(C[C@H](NC(C)=O)C(=O)O)c2)c1)C(=O)CCC(F)(F)F.S.S.S.S.S.S. The number of ether oxygens (including phenoxy) is 2. The first kappa shape index (κ1) is 86.7. The van der Waals surface area contributed by atoms with E-state index in [1.54, 1.807) is 104 Å². The van der Waals surface area contributed by atoms with Crippen molar-refractivity contribution in [1.82, 2.24) is 26.6 Å². The second kappa shape index (κ2) is 42.2. The second-order valence-corrected chi connectivity index (χ2v) is 19.0. The number of nitrogens with two attached hydrogens (primary N) is 1. The monoisotopic (exact) mass is 1330 g/mol. The molecule has 5 amide bonds. The molecule has 5 rings (SSSR count). The first-order valence-electron chi connectivity index (χ1n) is 25.5. The molecule has 0 fully saturated rings. The van der Waals surface area contributed by atoms with Crippen LogP contribution in [0.1, 0.15) is 109 Å². The number of halogens is 6. The molecular weight excluding hydrogens is 1250 g/mol. The van der Waals surface area contributed by atoms with Crippen LogP contribution in [-0.2, 0) is 64.0 Å². The highest BCUT2D eigenvalue weighted by atomic mass is 32.1. The number of aliphatic carboxylic acids is 1. The molecule has 0 aliphatic carbocycles. The van der Waals surface area contributed by atoms with Gasteiger partial charge < -0.3 is 46.9 Å². The Labute approximate surface area is 539 Å². The average molecular weight is 1330 g/mol. The van der Waals surface area contributed by atoms with E-state index in [2.05, 4.69) is 26.6 Å². The predicted molar refractivity (Wildman–Crippen MR) is 347 cm³/mol. The number of hydrogen-bond donors (Lipinski definition) is 7. The van der Waals surface area contributed by atoms with Gasteiger partial charge in [-0.3, -0.25) is 33.6 Å². The van der Waals surface area contributed by atoms with Crippen molar-refractivity contribution in [3.05, 3.63) is 119 Å². The Balaban J connectivity index is -0.000000723. The quantitative estimate of drug-likeness (QED) is 0.0386. The van der Waals surface area contributed by atoms with Gasteiger partial charge in [0.1, 0.15) is 41.1 Å². The minimum absolute atomic E-state index is 0. The number of benzene rings is 4. The van der Waals surface area contributed by atoms with Crippen molar-refractivity contribution in [2.45, 2.75) is 161 Å².